The van der Waals surface area contributed by atoms with Crippen LogP contribution in [0, 0.1) is 5.92 Å². The Kier molecular flexibility index (Phi) is 4.70. The van der Waals surface area contributed by atoms with Crippen molar-refractivity contribution in [2.75, 3.05) is 13.1 Å². The zero-order valence-corrected chi connectivity index (χ0v) is 13.0. The van der Waals surface area contributed by atoms with Gasteiger partial charge in [-0.25, -0.2) is 8.42 Å². The van der Waals surface area contributed by atoms with Gasteiger partial charge in [0.05, 0.1) is 10.5 Å². The Bertz CT molecular complexity index is 600. The topological polar surface area (TPSA) is 54.5 Å². The fourth-order valence-corrected chi connectivity index (χ4v) is 3.75. The van der Waals surface area contributed by atoms with E-state index < -0.39 is 9.05 Å². The second kappa shape index (κ2) is 6.14. The Balaban J connectivity index is 2.23. The summed E-state index contributed by atoms with van der Waals surface area (Å²) in [4.78, 5) is 14.1. The van der Waals surface area contributed by atoms with Gasteiger partial charge in [-0.2, -0.15) is 0 Å². The van der Waals surface area contributed by atoms with Gasteiger partial charge in [0.1, 0.15) is 0 Å². The van der Waals surface area contributed by atoms with Crippen molar-refractivity contribution in [3.63, 3.8) is 0 Å². The smallest absolute Gasteiger partial charge is 0.262 e. The second-order valence-corrected chi connectivity index (χ2v) is 7.66. The minimum atomic E-state index is -3.91. The molecule has 1 aliphatic heterocycles. The van der Waals surface area contributed by atoms with Crippen LogP contribution < -0.4 is 0 Å². The van der Waals surface area contributed by atoms with E-state index in [0.29, 0.717) is 19.0 Å². The van der Waals surface area contributed by atoms with Crippen molar-refractivity contribution in [1.29, 1.82) is 0 Å². The summed E-state index contributed by atoms with van der Waals surface area (Å²) >= 11 is 0. The lowest BCUT2D eigenvalue weighted by Crippen LogP contribution is -2.29. The van der Waals surface area contributed by atoms with Gasteiger partial charge in [-0.1, -0.05) is 25.5 Å². The molecule has 0 spiro atoms. The molecule has 1 saturated heterocycles. The molecule has 0 saturated carbocycles. The van der Waals surface area contributed by atoms with E-state index in [9.17, 15) is 13.2 Å². The minimum Gasteiger partial charge on any atom is -0.338 e. The summed E-state index contributed by atoms with van der Waals surface area (Å²) in [5, 5.41) is 0. The Morgan fingerprint density at radius 1 is 1.40 bits per heavy atom. The quantitative estimate of drug-likeness (QED) is 0.803. The maximum atomic E-state index is 12.5. The molecule has 1 aromatic carbocycles. The molecular weight excluding hydrogens is 298 g/mol. The van der Waals surface area contributed by atoms with Crippen molar-refractivity contribution in [3.8, 4) is 0 Å². The molecule has 0 aromatic heterocycles. The van der Waals surface area contributed by atoms with Crippen LogP contribution >= 0.6 is 10.7 Å². The molecule has 4 nitrogen and oxygen atoms in total. The number of carbonyl (C=O) groups excluding carboxylic acids is 1. The van der Waals surface area contributed by atoms with Crippen LogP contribution in [0.15, 0.2) is 29.2 Å². The first kappa shape index (κ1) is 15.3. The molecule has 0 radical (unpaired) electrons. The Morgan fingerprint density at radius 2 is 2.10 bits per heavy atom. The summed E-state index contributed by atoms with van der Waals surface area (Å²) in [7, 11) is 1.49. The first-order valence-electron chi connectivity index (χ1n) is 6.76. The summed E-state index contributed by atoms with van der Waals surface area (Å²) < 4.78 is 23.1. The Labute approximate surface area is 124 Å². The third-order valence-electron chi connectivity index (χ3n) is 3.65. The lowest BCUT2D eigenvalue weighted by atomic mass is 10.0. The fourth-order valence-electron chi connectivity index (χ4n) is 2.69. The van der Waals surface area contributed by atoms with E-state index >= 15 is 0 Å². The van der Waals surface area contributed by atoms with Crippen LogP contribution in [0.5, 0.6) is 0 Å². The van der Waals surface area contributed by atoms with Crippen molar-refractivity contribution < 1.29 is 13.2 Å². The van der Waals surface area contributed by atoms with Gasteiger partial charge in [-0.05, 0) is 30.9 Å². The average molecular weight is 316 g/mol. The van der Waals surface area contributed by atoms with Gasteiger partial charge < -0.3 is 4.90 Å². The zero-order chi connectivity index (χ0) is 14.8. The number of nitrogens with zero attached hydrogens (tertiary/aromatic N) is 1. The van der Waals surface area contributed by atoms with E-state index in [0.717, 1.165) is 19.3 Å². The number of benzene rings is 1. The first-order chi connectivity index (χ1) is 9.43. The molecule has 1 unspecified atom stereocenters. The normalized spacial score (nSPS) is 19.3. The van der Waals surface area contributed by atoms with Gasteiger partial charge in [-0.15, -0.1) is 0 Å². The highest BCUT2D eigenvalue weighted by Gasteiger charge is 2.29. The molecule has 1 fully saturated rings. The maximum Gasteiger partial charge on any atom is 0.262 e. The highest BCUT2D eigenvalue weighted by molar-refractivity contribution is 8.13. The molecule has 0 bridgehead atoms. The SMILES string of the molecule is CCCC1CCN(C(=O)c2ccccc2S(=O)(=O)Cl)C1. The molecule has 1 heterocycles. The lowest BCUT2D eigenvalue weighted by Gasteiger charge is -2.17. The average Bonchev–Trinajstić information content (AvgIpc) is 2.86. The van der Waals surface area contributed by atoms with E-state index in [2.05, 4.69) is 6.92 Å². The number of carbonyl (C=O) groups is 1. The van der Waals surface area contributed by atoms with E-state index in [1.165, 1.54) is 12.1 Å². The predicted molar refractivity (Wildman–Crippen MR) is 78.4 cm³/mol. The number of hydrogen-bond donors (Lipinski definition) is 0. The van der Waals surface area contributed by atoms with Gasteiger partial charge >= 0.3 is 0 Å². The van der Waals surface area contributed by atoms with Crippen LogP contribution in [-0.2, 0) is 9.05 Å². The molecule has 1 aromatic rings. The fraction of sp³-hybridized carbons (Fsp3) is 0.500. The van der Waals surface area contributed by atoms with Crippen LogP contribution in [0.3, 0.4) is 0 Å². The third kappa shape index (κ3) is 3.33. The highest BCUT2D eigenvalue weighted by atomic mass is 35.7. The summed E-state index contributed by atoms with van der Waals surface area (Å²) in [5.74, 6) is 0.271. The number of hydrogen-bond acceptors (Lipinski definition) is 3. The molecule has 20 heavy (non-hydrogen) atoms. The lowest BCUT2D eigenvalue weighted by molar-refractivity contribution is 0.0782. The summed E-state index contributed by atoms with van der Waals surface area (Å²) in [6, 6.07) is 6.11. The maximum absolute atomic E-state index is 12.5. The Hall–Kier alpha value is -1.07. The van der Waals surface area contributed by atoms with Crippen molar-refractivity contribution in [2.45, 2.75) is 31.1 Å². The minimum absolute atomic E-state index is 0.106. The van der Waals surface area contributed by atoms with E-state index in [1.54, 1.807) is 17.0 Å². The van der Waals surface area contributed by atoms with E-state index in [4.69, 9.17) is 10.7 Å². The summed E-state index contributed by atoms with van der Waals surface area (Å²) in [6.07, 6.45) is 3.17. The van der Waals surface area contributed by atoms with Crippen LogP contribution in [0.25, 0.3) is 0 Å². The van der Waals surface area contributed by atoms with Gasteiger partial charge in [0.2, 0.25) is 0 Å². The number of amides is 1. The van der Waals surface area contributed by atoms with Gasteiger partial charge in [0, 0.05) is 23.8 Å². The number of rotatable bonds is 4. The second-order valence-electron chi connectivity index (χ2n) is 5.13. The van der Waals surface area contributed by atoms with Crippen molar-refractivity contribution in [1.82, 2.24) is 4.90 Å². The van der Waals surface area contributed by atoms with E-state index in [-0.39, 0.29) is 16.4 Å². The van der Waals surface area contributed by atoms with E-state index in [1.807, 2.05) is 0 Å². The molecule has 1 atom stereocenters. The molecule has 1 amide bonds. The standard InChI is InChI=1S/C14H18ClNO3S/c1-2-5-11-8-9-16(10-11)14(17)12-6-3-4-7-13(12)20(15,18)19/h3-4,6-7,11H,2,5,8-10H2,1H3. The van der Waals surface area contributed by atoms with Crippen molar-refractivity contribution >= 4 is 25.6 Å². The molecule has 0 N–H and O–H groups in total. The number of halogens is 1. The molecule has 110 valence electrons. The largest absolute Gasteiger partial charge is 0.338 e. The molecule has 1 aliphatic rings. The Morgan fingerprint density at radius 3 is 2.75 bits per heavy atom. The number of likely N-dealkylation sites (tertiary alicyclic amines) is 1. The molecule has 2 rings (SSSR count). The van der Waals surface area contributed by atoms with Crippen molar-refractivity contribution in [2.24, 2.45) is 5.92 Å². The highest BCUT2D eigenvalue weighted by Crippen LogP contribution is 2.26. The molecule has 6 heteroatoms. The van der Waals surface area contributed by atoms with Gasteiger partial charge in [0.15, 0.2) is 0 Å². The first-order valence-corrected chi connectivity index (χ1v) is 9.07. The van der Waals surface area contributed by atoms with Crippen LogP contribution in [-0.4, -0.2) is 32.3 Å². The molecule has 0 aliphatic carbocycles. The summed E-state index contributed by atoms with van der Waals surface area (Å²) in [6.45, 7) is 3.50. The predicted octanol–water partition coefficient (Wildman–Crippen LogP) is 2.88. The van der Waals surface area contributed by atoms with Crippen molar-refractivity contribution in [3.05, 3.63) is 29.8 Å². The monoisotopic (exact) mass is 315 g/mol. The van der Waals surface area contributed by atoms with Crippen LogP contribution in [0.4, 0.5) is 0 Å². The zero-order valence-electron chi connectivity index (χ0n) is 11.4. The van der Waals surface area contributed by atoms with Gasteiger partial charge in [-0.3, -0.25) is 4.79 Å². The van der Waals surface area contributed by atoms with Crippen LogP contribution in [0.1, 0.15) is 36.5 Å². The summed E-state index contributed by atoms with van der Waals surface area (Å²) in [5.41, 5.74) is 0.166. The van der Waals surface area contributed by atoms with Gasteiger partial charge in [0.25, 0.3) is 15.0 Å². The van der Waals surface area contributed by atoms with Crippen LogP contribution in [0.2, 0.25) is 0 Å². The molecular formula is C14H18ClNO3S. The third-order valence-corrected chi connectivity index (χ3v) is 5.03.